The Morgan fingerprint density at radius 2 is 2.11 bits per heavy atom. The maximum atomic E-state index is 8.99. The molecule has 2 aromatic rings. The van der Waals surface area contributed by atoms with Crippen molar-refractivity contribution in [2.45, 2.75) is 12.6 Å². The van der Waals surface area contributed by atoms with E-state index in [0.717, 1.165) is 29.9 Å². The lowest BCUT2D eigenvalue weighted by Crippen LogP contribution is -1.99. The molecule has 19 heavy (non-hydrogen) atoms. The summed E-state index contributed by atoms with van der Waals surface area (Å²) in [5, 5.41) is 8.99. The normalized spacial score (nSPS) is 22.5. The van der Waals surface area contributed by atoms with E-state index >= 15 is 0 Å². The predicted octanol–water partition coefficient (Wildman–Crippen LogP) is 2.68. The molecule has 3 heteroatoms. The average molecular weight is 247 g/mol. The number of nitrogen functional groups attached to an aromatic ring is 1. The molecule has 2 aliphatic rings. The van der Waals surface area contributed by atoms with Gasteiger partial charge in [0.2, 0.25) is 0 Å². The van der Waals surface area contributed by atoms with Gasteiger partial charge in [0.1, 0.15) is 0 Å². The van der Waals surface area contributed by atoms with Crippen LogP contribution in [0.15, 0.2) is 36.4 Å². The van der Waals surface area contributed by atoms with Crippen molar-refractivity contribution >= 4 is 5.69 Å². The maximum absolute atomic E-state index is 8.99. The third-order valence-corrected chi connectivity index (χ3v) is 4.08. The second kappa shape index (κ2) is 3.59. The van der Waals surface area contributed by atoms with Crippen molar-refractivity contribution in [2.24, 2.45) is 0 Å². The smallest absolute Gasteiger partial charge is 0.0991 e. The Hall–Kier alpha value is -2.31. The van der Waals surface area contributed by atoms with Crippen molar-refractivity contribution in [1.82, 2.24) is 4.90 Å². The largest absolute Gasteiger partial charge is 0.398 e. The van der Waals surface area contributed by atoms with Gasteiger partial charge in [-0.05, 0) is 46.5 Å². The SMILES string of the molecule is N#Cc1cccc(-c2cc(N)c3c(c2)C2CN2C3)c1. The highest BCUT2D eigenvalue weighted by Gasteiger charge is 2.43. The van der Waals surface area contributed by atoms with Gasteiger partial charge < -0.3 is 5.73 Å². The highest BCUT2D eigenvalue weighted by molar-refractivity contribution is 5.73. The van der Waals surface area contributed by atoms with E-state index in [0.29, 0.717) is 11.6 Å². The van der Waals surface area contributed by atoms with E-state index in [9.17, 15) is 0 Å². The van der Waals surface area contributed by atoms with Crippen LogP contribution >= 0.6 is 0 Å². The second-order valence-electron chi connectivity index (χ2n) is 5.27. The number of benzene rings is 2. The minimum Gasteiger partial charge on any atom is -0.398 e. The fourth-order valence-electron chi connectivity index (χ4n) is 2.98. The molecule has 0 radical (unpaired) electrons. The molecule has 2 heterocycles. The van der Waals surface area contributed by atoms with Crippen molar-refractivity contribution in [1.29, 1.82) is 5.26 Å². The van der Waals surface area contributed by atoms with E-state index in [4.69, 9.17) is 11.0 Å². The summed E-state index contributed by atoms with van der Waals surface area (Å²) >= 11 is 0. The first-order valence-electron chi connectivity index (χ1n) is 6.43. The first-order chi connectivity index (χ1) is 9.26. The number of nitriles is 1. The Balaban J connectivity index is 1.86. The Morgan fingerprint density at radius 1 is 1.21 bits per heavy atom. The summed E-state index contributed by atoms with van der Waals surface area (Å²) in [6.07, 6.45) is 0. The minimum absolute atomic E-state index is 0.580. The van der Waals surface area contributed by atoms with E-state index in [1.54, 1.807) is 0 Å². The topological polar surface area (TPSA) is 52.8 Å². The molecule has 1 fully saturated rings. The van der Waals surface area contributed by atoms with Gasteiger partial charge >= 0.3 is 0 Å². The second-order valence-corrected chi connectivity index (χ2v) is 5.27. The third-order valence-electron chi connectivity index (χ3n) is 4.08. The van der Waals surface area contributed by atoms with E-state index in [1.807, 2.05) is 30.3 Å². The molecule has 0 amide bonds. The van der Waals surface area contributed by atoms with E-state index in [2.05, 4.69) is 17.0 Å². The monoisotopic (exact) mass is 247 g/mol. The fraction of sp³-hybridized carbons (Fsp3) is 0.188. The van der Waals surface area contributed by atoms with Crippen molar-refractivity contribution < 1.29 is 0 Å². The molecule has 0 aliphatic carbocycles. The summed E-state index contributed by atoms with van der Waals surface area (Å²) in [7, 11) is 0. The van der Waals surface area contributed by atoms with Crippen LogP contribution in [0.1, 0.15) is 22.7 Å². The summed E-state index contributed by atoms with van der Waals surface area (Å²) in [6.45, 7) is 2.15. The van der Waals surface area contributed by atoms with Gasteiger partial charge in [-0.15, -0.1) is 0 Å². The maximum Gasteiger partial charge on any atom is 0.0991 e. The highest BCUT2D eigenvalue weighted by atomic mass is 15.3. The van der Waals surface area contributed by atoms with Crippen molar-refractivity contribution in [3.05, 3.63) is 53.1 Å². The minimum atomic E-state index is 0.580. The van der Waals surface area contributed by atoms with E-state index in [1.165, 1.54) is 11.1 Å². The standard InChI is InChI=1S/C16H13N3/c17-7-10-2-1-3-11(4-10)12-5-13-14(15(18)6-12)8-19-9-16(13)19/h1-6,16H,8-9,18H2. The number of nitrogens with two attached hydrogens (primary N) is 1. The van der Waals surface area contributed by atoms with Gasteiger partial charge in [0, 0.05) is 24.8 Å². The van der Waals surface area contributed by atoms with Crippen LogP contribution in [0.5, 0.6) is 0 Å². The molecule has 0 aromatic heterocycles. The van der Waals surface area contributed by atoms with E-state index in [-0.39, 0.29) is 0 Å². The van der Waals surface area contributed by atoms with Crippen LogP contribution < -0.4 is 5.73 Å². The van der Waals surface area contributed by atoms with Crippen LogP contribution in [0.3, 0.4) is 0 Å². The zero-order chi connectivity index (χ0) is 13.0. The molecule has 0 bridgehead atoms. The lowest BCUT2D eigenvalue weighted by Gasteiger charge is -2.10. The molecule has 0 saturated carbocycles. The van der Waals surface area contributed by atoms with Gasteiger partial charge in [0.15, 0.2) is 0 Å². The summed E-state index contributed by atoms with van der Waals surface area (Å²) in [6, 6.07) is 14.7. The molecule has 1 saturated heterocycles. The van der Waals surface area contributed by atoms with Crippen molar-refractivity contribution in [3.8, 4) is 17.2 Å². The number of anilines is 1. The molecule has 4 rings (SSSR count). The highest BCUT2D eigenvalue weighted by Crippen LogP contribution is 2.48. The first-order valence-corrected chi connectivity index (χ1v) is 6.43. The number of nitrogens with zero attached hydrogens (tertiary/aromatic N) is 2. The number of rotatable bonds is 1. The molecule has 92 valence electrons. The first kappa shape index (κ1) is 10.6. The third kappa shape index (κ3) is 1.54. The van der Waals surface area contributed by atoms with Crippen LogP contribution in [0.25, 0.3) is 11.1 Å². The number of hydrogen-bond donors (Lipinski definition) is 1. The molecular formula is C16H13N3. The van der Waals surface area contributed by atoms with Gasteiger partial charge in [-0.1, -0.05) is 12.1 Å². The Kier molecular flexibility index (Phi) is 2.01. The van der Waals surface area contributed by atoms with Gasteiger partial charge in [-0.2, -0.15) is 5.26 Å². The average Bonchev–Trinajstić information content (AvgIpc) is 3.12. The predicted molar refractivity (Wildman–Crippen MR) is 74.2 cm³/mol. The van der Waals surface area contributed by atoms with Gasteiger partial charge in [-0.3, -0.25) is 4.90 Å². The molecule has 3 nitrogen and oxygen atoms in total. The van der Waals surface area contributed by atoms with Crippen LogP contribution in [0.2, 0.25) is 0 Å². The van der Waals surface area contributed by atoms with Gasteiger partial charge in [-0.25, -0.2) is 0 Å². The van der Waals surface area contributed by atoms with E-state index < -0.39 is 0 Å². The Labute approximate surface area is 111 Å². The molecule has 2 aromatic carbocycles. The number of fused-ring (bicyclic) bond motifs is 3. The van der Waals surface area contributed by atoms with Crippen LogP contribution in [-0.4, -0.2) is 11.4 Å². The molecule has 2 atom stereocenters. The Morgan fingerprint density at radius 3 is 2.95 bits per heavy atom. The fourth-order valence-corrected chi connectivity index (χ4v) is 2.98. The number of hydrogen-bond acceptors (Lipinski definition) is 3. The zero-order valence-electron chi connectivity index (χ0n) is 10.4. The molecule has 0 spiro atoms. The van der Waals surface area contributed by atoms with Crippen molar-refractivity contribution in [3.63, 3.8) is 0 Å². The van der Waals surface area contributed by atoms with Crippen molar-refractivity contribution in [2.75, 3.05) is 12.3 Å². The molecule has 2 unspecified atom stereocenters. The van der Waals surface area contributed by atoms with Gasteiger partial charge in [0.05, 0.1) is 11.6 Å². The lowest BCUT2D eigenvalue weighted by molar-refractivity contribution is 0.548. The van der Waals surface area contributed by atoms with Crippen LogP contribution in [0, 0.1) is 11.3 Å². The van der Waals surface area contributed by atoms with Crippen LogP contribution in [0.4, 0.5) is 5.69 Å². The molecule has 2 N–H and O–H groups in total. The molecular weight excluding hydrogens is 234 g/mol. The summed E-state index contributed by atoms with van der Waals surface area (Å²) in [4.78, 5) is 2.41. The quantitative estimate of drug-likeness (QED) is 0.622. The lowest BCUT2D eigenvalue weighted by atomic mass is 9.96. The summed E-state index contributed by atoms with van der Waals surface area (Å²) in [5.74, 6) is 0. The zero-order valence-corrected chi connectivity index (χ0v) is 10.4. The Bertz CT molecular complexity index is 727. The van der Waals surface area contributed by atoms with Crippen LogP contribution in [-0.2, 0) is 6.54 Å². The molecule has 2 aliphatic heterocycles. The van der Waals surface area contributed by atoms with Gasteiger partial charge in [0.25, 0.3) is 0 Å². The summed E-state index contributed by atoms with van der Waals surface area (Å²) in [5.41, 5.74) is 12.6. The summed E-state index contributed by atoms with van der Waals surface area (Å²) < 4.78 is 0.